The van der Waals surface area contributed by atoms with Crippen molar-refractivity contribution in [2.45, 2.75) is 37.9 Å². The minimum Gasteiger partial charge on any atom is -0.396 e. The molecule has 3 saturated heterocycles. The number of aromatic nitrogens is 2. The molecule has 2 amide bonds. The van der Waals surface area contributed by atoms with Gasteiger partial charge in [0.2, 0.25) is 11.8 Å². The number of hydrogen-bond acceptors (Lipinski definition) is 5. The molecule has 0 aliphatic carbocycles. The van der Waals surface area contributed by atoms with Crippen LogP contribution in [-0.4, -0.2) is 32.4 Å². The molecule has 2 aromatic rings. The first-order valence-electron chi connectivity index (χ1n) is 8.15. The summed E-state index contributed by atoms with van der Waals surface area (Å²) in [6.07, 6.45) is 4.92. The molecule has 0 aromatic carbocycles. The molecule has 0 radical (unpaired) electrons. The summed E-state index contributed by atoms with van der Waals surface area (Å²) in [6, 6.07) is 3.45. The van der Waals surface area contributed by atoms with Crippen molar-refractivity contribution >= 4 is 29.0 Å². The monoisotopic (exact) mass is 326 g/mol. The third kappa shape index (κ3) is 1.40. The standard InChI is InChI=1S/C17H18N4O3/c1-16-5-6-17(2,24-16)12-11(16)14(22)21(15(12)23)13-9(18)3-4-10-19-7-8-20(10)13/h3-4,7-8,11-12H,5-6,18H2,1-2H3/t11-,12+,16?,17?. The number of carbonyl (C=O) groups is 2. The van der Waals surface area contributed by atoms with Crippen molar-refractivity contribution in [2.24, 2.45) is 11.8 Å². The maximum atomic E-state index is 13.2. The van der Waals surface area contributed by atoms with E-state index in [4.69, 9.17) is 10.5 Å². The van der Waals surface area contributed by atoms with E-state index in [0.717, 1.165) is 12.8 Å². The molecule has 2 unspecified atom stereocenters. The van der Waals surface area contributed by atoms with Gasteiger partial charge in [0.05, 0.1) is 28.7 Å². The van der Waals surface area contributed by atoms with E-state index in [2.05, 4.69) is 4.98 Å². The number of rotatable bonds is 1. The summed E-state index contributed by atoms with van der Waals surface area (Å²) >= 11 is 0. The summed E-state index contributed by atoms with van der Waals surface area (Å²) in [5.74, 6) is -0.933. The number of imide groups is 1. The summed E-state index contributed by atoms with van der Waals surface area (Å²) in [5, 5.41) is 0. The largest absolute Gasteiger partial charge is 0.396 e. The van der Waals surface area contributed by atoms with Gasteiger partial charge in [0, 0.05) is 12.4 Å². The number of nitrogen functional groups attached to an aromatic ring is 1. The summed E-state index contributed by atoms with van der Waals surface area (Å²) in [4.78, 5) is 31.8. The lowest BCUT2D eigenvalue weighted by Crippen LogP contribution is -2.40. The molecular weight excluding hydrogens is 308 g/mol. The van der Waals surface area contributed by atoms with Crippen molar-refractivity contribution in [1.82, 2.24) is 9.38 Å². The van der Waals surface area contributed by atoms with E-state index < -0.39 is 23.0 Å². The number of pyridine rings is 1. The van der Waals surface area contributed by atoms with Gasteiger partial charge in [0.25, 0.3) is 0 Å². The molecule has 124 valence electrons. The van der Waals surface area contributed by atoms with Crippen LogP contribution in [0, 0.1) is 11.8 Å². The molecule has 0 spiro atoms. The number of imidazole rings is 1. The average Bonchev–Trinajstić information content (AvgIpc) is 3.22. The predicted molar refractivity (Wildman–Crippen MR) is 86.2 cm³/mol. The Morgan fingerprint density at radius 1 is 1.17 bits per heavy atom. The molecule has 7 nitrogen and oxygen atoms in total. The lowest BCUT2D eigenvalue weighted by molar-refractivity contribution is -0.129. The van der Waals surface area contributed by atoms with Crippen molar-refractivity contribution < 1.29 is 14.3 Å². The molecule has 3 aliphatic rings. The van der Waals surface area contributed by atoms with Crippen molar-refractivity contribution in [3.8, 4) is 0 Å². The van der Waals surface area contributed by atoms with Gasteiger partial charge in [-0.3, -0.25) is 14.0 Å². The quantitative estimate of drug-likeness (QED) is 0.799. The third-order valence-corrected chi connectivity index (χ3v) is 5.99. The average molecular weight is 326 g/mol. The van der Waals surface area contributed by atoms with E-state index in [9.17, 15) is 9.59 Å². The first-order valence-corrected chi connectivity index (χ1v) is 8.15. The highest BCUT2D eigenvalue weighted by atomic mass is 16.5. The van der Waals surface area contributed by atoms with Gasteiger partial charge < -0.3 is 10.5 Å². The van der Waals surface area contributed by atoms with Gasteiger partial charge in [-0.05, 0) is 38.8 Å². The number of anilines is 2. The number of amides is 2. The van der Waals surface area contributed by atoms with Gasteiger partial charge >= 0.3 is 0 Å². The zero-order valence-electron chi connectivity index (χ0n) is 13.5. The van der Waals surface area contributed by atoms with Gasteiger partial charge in [-0.15, -0.1) is 0 Å². The topological polar surface area (TPSA) is 89.9 Å². The molecule has 5 heterocycles. The van der Waals surface area contributed by atoms with Crippen LogP contribution in [0.1, 0.15) is 26.7 Å². The van der Waals surface area contributed by atoms with Gasteiger partial charge in [-0.1, -0.05) is 0 Å². The van der Waals surface area contributed by atoms with E-state index in [1.807, 2.05) is 13.8 Å². The minimum absolute atomic E-state index is 0.219. The Bertz CT molecular complexity index is 888. The van der Waals surface area contributed by atoms with Gasteiger partial charge in [-0.2, -0.15) is 0 Å². The Morgan fingerprint density at radius 3 is 2.42 bits per heavy atom. The second-order valence-electron chi connectivity index (χ2n) is 7.46. The van der Waals surface area contributed by atoms with Crippen LogP contribution in [0.4, 0.5) is 11.5 Å². The van der Waals surface area contributed by atoms with E-state index >= 15 is 0 Å². The van der Waals surface area contributed by atoms with Crippen LogP contribution in [0.5, 0.6) is 0 Å². The van der Waals surface area contributed by atoms with E-state index in [1.54, 1.807) is 28.9 Å². The number of carbonyl (C=O) groups excluding carboxylic acids is 2. The Morgan fingerprint density at radius 2 is 1.79 bits per heavy atom. The van der Waals surface area contributed by atoms with E-state index in [-0.39, 0.29) is 11.8 Å². The Hall–Kier alpha value is -2.41. The fourth-order valence-electron chi connectivity index (χ4n) is 4.91. The van der Waals surface area contributed by atoms with Crippen molar-refractivity contribution in [3.05, 3.63) is 24.5 Å². The number of hydrogen-bond donors (Lipinski definition) is 1. The van der Waals surface area contributed by atoms with Crippen LogP contribution in [-0.2, 0) is 14.3 Å². The van der Waals surface area contributed by atoms with Gasteiger partial charge in [0.1, 0.15) is 5.65 Å². The smallest absolute Gasteiger partial charge is 0.241 e. The maximum Gasteiger partial charge on any atom is 0.241 e. The number of nitrogens with zero attached hydrogens (tertiary/aromatic N) is 3. The zero-order chi connectivity index (χ0) is 16.9. The van der Waals surface area contributed by atoms with Crippen LogP contribution >= 0.6 is 0 Å². The van der Waals surface area contributed by atoms with Gasteiger partial charge in [-0.25, -0.2) is 9.88 Å². The molecule has 0 saturated carbocycles. The van der Waals surface area contributed by atoms with Gasteiger partial charge in [0.15, 0.2) is 5.82 Å². The molecule has 2 aromatic heterocycles. The normalized spacial score (nSPS) is 37.7. The highest BCUT2D eigenvalue weighted by Gasteiger charge is 2.72. The molecule has 5 rings (SSSR count). The van der Waals surface area contributed by atoms with E-state index in [0.29, 0.717) is 17.2 Å². The third-order valence-electron chi connectivity index (χ3n) is 5.99. The predicted octanol–water partition coefficient (Wildman–Crippen LogP) is 1.36. The Labute approximate surface area is 138 Å². The SMILES string of the molecule is CC12CCC(C)(O1)[C@H]1C(=O)N(c3c(N)ccc4nccn34)C(=O)[C@H]12. The molecule has 2 bridgehead atoms. The Kier molecular flexibility index (Phi) is 2.31. The highest BCUT2D eigenvalue weighted by molar-refractivity contribution is 6.24. The first kappa shape index (κ1) is 14.0. The lowest BCUT2D eigenvalue weighted by atomic mass is 9.69. The van der Waals surface area contributed by atoms with Crippen LogP contribution < -0.4 is 10.6 Å². The second-order valence-corrected chi connectivity index (χ2v) is 7.46. The fraction of sp³-hybridized carbons (Fsp3) is 0.471. The molecule has 3 fully saturated rings. The van der Waals surface area contributed by atoms with Crippen LogP contribution in [0.2, 0.25) is 0 Å². The summed E-state index contributed by atoms with van der Waals surface area (Å²) < 4.78 is 7.82. The first-order chi connectivity index (χ1) is 11.4. The fourth-order valence-corrected chi connectivity index (χ4v) is 4.91. The summed E-state index contributed by atoms with van der Waals surface area (Å²) in [6.45, 7) is 3.89. The highest BCUT2D eigenvalue weighted by Crippen LogP contribution is 2.61. The summed E-state index contributed by atoms with van der Waals surface area (Å²) in [5.41, 5.74) is 6.01. The summed E-state index contributed by atoms with van der Waals surface area (Å²) in [7, 11) is 0. The van der Waals surface area contributed by atoms with E-state index in [1.165, 1.54) is 4.90 Å². The van der Waals surface area contributed by atoms with Crippen molar-refractivity contribution in [3.63, 3.8) is 0 Å². The van der Waals surface area contributed by atoms with Crippen LogP contribution in [0.3, 0.4) is 0 Å². The number of fused-ring (bicyclic) bond motifs is 6. The van der Waals surface area contributed by atoms with Crippen LogP contribution in [0.25, 0.3) is 5.65 Å². The molecule has 24 heavy (non-hydrogen) atoms. The number of ether oxygens (including phenoxy) is 1. The molecular formula is C17H18N4O3. The molecule has 2 N–H and O–H groups in total. The molecule has 3 aliphatic heterocycles. The zero-order valence-corrected chi connectivity index (χ0v) is 13.5. The molecule has 4 atom stereocenters. The Balaban J connectivity index is 1.71. The second kappa shape index (κ2) is 3.97. The van der Waals surface area contributed by atoms with Crippen molar-refractivity contribution in [2.75, 3.05) is 10.6 Å². The maximum absolute atomic E-state index is 13.2. The number of nitrogens with two attached hydrogens (primary N) is 1. The minimum atomic E-state index is -0.571. The molecule has 7 heteroatoms. The van der Waals surface area contributed by atoms with Crippen LogP contribution in [0.15, 0.2) is 24.5 Å². The lowest BCUT2D eigenvalue weighted by Gasteiger charge is -2.27. The van der Waals surface area contributed by atoms with Crippen molar-refractivity contribution in [1.29, 1.82) is 0 Å².